The van der Waals surface area contributed by atoms with E-state index in [4.69, 9.17) is 16.3 Å². The molecule has 2 aromatic heterocycles. The average molecular weight is 541 g/mol. The number of fused-ring (bicyclic) bond motifs is 1. The van der Waals surface area contributed by atoms with Crippen molar-refractivity contribution in [1.29, 1.82) is 5.26 Å². The summed E-state index contributed by atoms with van der Waals surface area (Å²) in [6.45, 7) is 4.86. The van der Waals surface area contributed by atoms with E-state index in [0.29, 0.717) is 57.5 Å². The van der Waals surface area contributed by atoms with Gasteiger partial charge in [0.15, 0.2) is 0 Å². The topological polar surface area (TPSA) is 103 Å². The highest BCUT2D eigenvalue weighted by molar-refractivity contribution is 6.33. The quantitative estimate of drug-likeness (QED) is 0.245. The number of aryl methyl sites for hydroxylation is 2. The smallest absolute Gasteiger partial charge is 0.248 e. The first-order valence-corrected chi connectivity index (χ1v) is 12.7. The van der Waals surface area contributed by atoms with E-state index in [2.05, 4.69) is 26.7 Å². The summed E-state index contributed by atoms with van der Waals surface area (Å²) in [5, 5.41) is 17.1. The van der Waals surface area contributed by atoms with Crippen LogP contribution in [0.15, 0.2) is 67.0 Å². The minimum Gasteiger partial charge on any atom is -0.487 e. The molecule has 0 spiro atoms. The number of rotatable bonds is 9. The van der Waals surface area contributed by atoms with Crippen LogP contribution in [-0.2, 0) is 11.4 Å². The molecule has 4 rings (SSSR count). The molecule has 1 amide bonds. The lowest BCUT2D eigenvalue weighted by molar-refractivity contribution is -0.111. The van der Waals surface area contributed by atoms with E-state index < -0.39 is 0 Å². The largest absolute Gasteiger partial charge is 0.487 e. The van der Waals surface area contributed by atoms with Crippen molar-refractivity contribution in [3.63, 3.8) is 0 Å². The van der Waals surface area contributed by atoms with Crippen LogP contribution in [0.5, 0.6) is 5.75 Å². The molecule has 8 nitrogen and oxygen atoms in total. The Kier molecular flexibility index (Phi) is 8.77. The molecule has 0 fully saturated rings. The predicted molar refractivity (Wildman–Crippen MR) is 156 cm³/mol. The van der Waals surface area contributed by atoms with Crippen molar-refractivity contribution in [2.45, 2.75) is 20.5 Å². The Labute approximate surface area is 232 Å². The number of anilines is 3. The molecule has 0 saturated carbocycles. The molecule has 198 valence electrons. The minimum atomic E-state index is -0.238. The maximum Gasteiger partial charge on any atom is 0.248 e. The monoisotopic (exact) mass is 540 g/mol. The molecule has 9 heteroatoms. The number of benzene rings is 2. The molecule has 2 heterocycles. The fourth-order valence-corrected chi connectivity index (χ4v) is 4.10. The van der Waals surface area contributed by atoms with E-state index in [1.165, 1.54) is 12.3 Å². The Bertz CT molecular complexity index is 1590. The van der Waals surface area contributed by atoms with Crippen LogP contribution in [-0.4, -0.2) is 41.4 Å². The van der Waals surface area contributed by atoms with Gasteiger partial charge in [0.25, 0.3) is 0 Å². The maximum atomic E-state index is 12.5. The Morgan fingerprint density at radius 2 is 1.95 bits per heavy atom. The van der Waals surface area contributed by atoms with Gasteiger partial charge in [-0.15, -0.1) is 0 Å². The van der Waals surface area contributed by atoms with Crippen molar-refractivity contribution in [2.24, 2.45) is 0 Å². The molecule has 0 saturated heterocycles. The van der Waals surface area contributed by atoms with Crippen LogP contribution in [0.25, 0.3) is 10.9 Å². The summed E-state index contributed by atoms with van der Waals surface area (Å²) in [6.07, 6.45) is 6.55. The highest BCUT2D eigenvalue weighted by atomic mass is 35.5. The van der Waals surface area contributed by atoms with Crippen LogP contribution in [0.4, 0.5) is 17.1 Å². The van der Waals surface area contributed by atoms with Gasteiger partial charge in [0, 0.05) is 42.2 Å². The van der Waals surface area contributed by atoms with Gasteiger partial charge in [0.2, 0.25) is 5.91 Å². The Hall–Kier alpha value is -4.45. The van der Waals surface area contributed by atoms with Gasteiger partial charge >= 0.3 is 0 Å². The number of amides is 1. The van der Waals surface area contributed by atoms with Crippen LogP contribution < -0.4 is 15.4 Å². The zero-order valence-electron chi connectivity index (χ0n) is 22.2. The molecule has 2 aromatic carbocycles. The van der Waals surface area contributed by atoms with Gasteiger partial charge in [0.1, 0.15) is 18.4 Å². The van der Waals surface area contributed by atoms with E-state index in [-0.39, 0.29) is 5.91 Å². The minimum absolute atomic E-state index is 0.238. The van der Waals surface area contributed by atoms with Crippen molar-refractivity contribution >= 4 is 45.5 Å². The summed E-state index contributed by atoms with van der Waals surface area (Å²) < 4.78 is 5.90. The number of nitrogens with zero attached hydrogens (tertiary/aromatic N) is 4. The van der Waals surface area contributed by atoms with E-state index >= 15 is 0 Å². The van der Waals surface area contributed by atoms with Crippen molar-refractivity contribution in [3.05, 3.63) is 94.4 Å². The standard InChI is InChI=1S/C30H29ClN6O2/c1-19-7-5-11-33-28(19)18-39-22-9-10-25(24(31)14-22)36-30-21(16-32)17-34-27-13-20(2)26(15-23(27)30)35-29(38)8-6-12-37(3)4/h5-11,13-15,17H,12,18H2,1-4H3,(H,34,36)(H,35,38)/b8-6+. The summed E-state index contributed by atoms with van der Waals surface area (Å²) in [7, 11) is 3.86. The number of carbonyl (C=O) groups excluding carboxylic acids is 1. The molecule has 0 atom stereocenters. The molecule has 0 aliphatic rings. The molecule has 0 unspecified atom stereocenters. The third-order valence-corrected chi connectivity index (χ3v) is 6.34. The van der Waals surface area contributed by atoms with Gasteiger partial charge < -0.3 is 20.3 Å². The fraction of sp³-hybridized carbons (Fsp3) is 0.200. The number of ether oxygens (including phenoxy) is 1. The number of pyridine rings is 2. The van der Waals surface area contributed by atoms with Crippen molar-refractivity contribution < 1.29 is 9.53 Å². The van der Waals surface area contributed by atoms with Gasteiger partial charge in [-0.25, -0.2) is 0 Å². The second-order valence-corrected chi connectivity index (χ2v) is 9.73. The summed E-state index contributed by atoms with van der Waals surface area (Å²) >= 11 is 6.61. The SMILES string of the molecule is Cc1cc2ncc(C#N)c(Nc3ccc(OCc4ncccc4C)cc3Cl)c2cc1NC(=O)/C=C/CN(C)C. The summed E-state index contributed by atoms with van der Waals surface area (Å²) in [5.41, 5.74) is 5.54. The lowest BCUT2D eigenvalue weighted by atomic mass is 10.1. The molecule has 0 radical (unpaired) electrons. The molecule has 0 aliphatic carbocycles. The summed E-state index contributed by atoms with van der Waals surface area (Å²) in [6, 6.07) is 15.1. The third kappa shape index (κ3) is 6.90. The number of carbonyl (C=O) groups is 1. The Balaban J connectivity index is 1.61. The molecule has 4 aromatic rings. The highest BCUT2D eigenvalue weighted by Crippen LogP contribution is 2.35. The van der Waals surface area contributed by atoms with Crippen molar-refractivity contribution in [1.82, 2.24) is 14.9 Å². The lowest BCUT2D eigenvalue weighted by Gasteiger charge is -2.16. The van der Waals surface area contributed by atoms with Crippen molar-refractivity contribution in [3.8, 4) is 11.8 Å². The Morgan fingerprint density at radius 3 is 2.67 bits per heavy atom. The number of hydrogen-bond acceptors (Lipinski definition) is 7. The third-order valence-electron chi connectivity index (χ3n) is 6.03. The van der Waals surface area contributed by atoms with E-state index in [0.717, 1.165) is 16.8 Å². The number of nitriles is 1. The van der Waals surface area contributed by atoms with Gasteiger partial charge in [-0.05, 0) is 69.4 Å². The Morgan fingerprint density at radius 1 is 1.13 bits per heavy atom. The zero-order valence-corrected chi connectivity index (χ0v) is 23.0. The normalized spacial score (nSPS) is 11.1. The first-order valence-electron chi connectivity index (χ1n) is 12.3. The first-order chi connectivity index (χ1) is 18.7. The number of likely N-dealkylation sites (N-methyl/N-ethyl adjacent to an activating group) is 1. The summed E-state index contributed by atoms with van der Waals surface area (Å²) in [4.78, 5) is 23.2. The van der Waals surface area contributed by atoms with Gasteiger partial charge in [0.05, 0.1) is 33.2 Å². The summed E-state index contributed by atoms with van der Waals surface area (Å²) in [5.74, 6) is 0.358. The van der Waals surface area contributed by atoms with E-state index in [1.54, 1.807) is 30.5 Å². The van der Waals surface area contributed by atoms with Crippen LogP contribution in [0, 0.1) is 25.2 Å². The molecule has 0 bridgehead atoms. The number of halogens is 1. The highest BCUT2D eigenvalue weighted by Gasteiger charge is 2.14. The molecule has 39 heavy (non-hydrogen) atoms. The van der Waals surface area contributed by atoms with Gasteiger partial charge in [-0.3, -0.25) is 14.8 Å². The van der Waals surface area contributed by atoms with Crippen LogP contribution in [0.1, 0.15) is 22.4 Å². The van der Waals surface area contributed by atoms with Gasteiger partial charge in [-0.1, -0.05) is 23.7 Å². The average Bonchev–Trinajstić information content (AvgIpc) is 2.90. The number of aromatic nitrogens is 2. The van der Waals surface area contributed by atoms with Crippen LogP contribution in [0.2, 0.25) is 5.02 Å². The van der Waals surface area contributed by atoms with Crippen molar-refractivity contribution in [2.75, 3.05) is 31.3 Å². The second-order valence-electron chi connectivity index (χ2n) is 9.32. The molecule has 0 aliphatic heterocycles. The lowest BCUT2D eigenvalue weighted by Crippen LogP contribution is -2.13. The second kappa shape index (κ2) is 12.4. The number of hydrogen-bond donors (Lipinski definition) is 2. The first kappa shape index (κ1) is 27.6. The van der Waals surface area contributed by atoms with Gasteiger partial charge in [-0.2, -0.15) is 5.26 Å². The van der Waals surface area contributed by atoms with Crippen LogP contribution in [0.3, 0.4) is 0 Å². The molecular weight excluding hydrogens is 512 g/mol. The zero-order chi connectivity index (χ0) is 27.9. The fourth-order valence-electron chi connectivity index (χ4n) is 3.89. The number of nitrogens with one attached hydrogen (secondary N) is 2. The van der Waals surface area contributed by atoms with E-state index in [9.17, 15) is 10.1 Å². The maximum absolute atomic E-state index is 12.5. The molecular formula is C30H29ClN6O2. The van der Waals surface area contributed by atoms with Crippen LogP contribution >= 0.6 is 11.6 Å². The van der Waals surface area contributed by atoms with E-state index in [1.807, 2.05) is 57.1 Å². The molecule has 2 N–H and O–H groups in total. The predicted octanol–water partition coefficient (Wildman–Crippen LogP) is 6.15.